The lowest BCUT2D eigenvalue weighted by atomic mass is 9.69. The molecule has 3 aliphatic carbocycles. The maximum Gasteiger partial charge on any atom is 0.249 e. The van der Waals surface area contributed by atoms with Gasteiger partial charge in [0.15, 0.2) is 0 Å². The van der Waals surface area contributed by atoms with E-state index in [4.69, 9.17) is 32.7 Å². The molecule has 5 fully saturated rings. The summed E-state index contributed by atoms with van der Waals surface area (Å²) in [6, 6.07) is 0. The van der Waals surface area contributed by atoms with Crippen molar-refractivity contribution >= 4 is 40.9 Å². The van der Waals surface area contributed by atoms with Gasteiger partial charge in [-0.05, 0) is 51.4 Å². The zero-order chi connectivity index (χ0) is 26.1. The molecule has 3 amide bonds. The van der Waals surface area contributed by atoms with Gasteiger partial charge in [-0.1, -0.05) is 0 Å². The minimum Gasteiger partial charge on any atom is -0.368 e. The first kappa shape index (κ1) is 27.8. The summed E-state index contributed by atoms with van der Waals surface area (Å²) >= 11 is 11.8. The number of carbonyl (C=O) groups excluding carboxylic acids is 3. The van der Waals surface area contributed by atoms with E-state index in [-0.39, 0.29) is 50.1 Å². The molecule has 0 aromatic rings. The molecule has 6 atom stereocenters. The second-order valence-corrected chi connectivity index (χ2v) is 11.8. The van der Waals surface area contributed by atoms with E-state index in [1.165, 1.54) is 4.90 Å². The first-order valence-electron chi connectivity index (χ1n) is 12.7. The summed E-state index contributed by atoms with van der Waals surface area (Å²) in [7, 11) is 1.61. The quantitative estimate of drug-likeness (QED) is 0.450. The van der Waals surface area contributed by atoms with Gasteiger partial charge < -0.3 is 25.0 Å². The SMILES string of the molecule is CN1C(=O)C2(NC(=O)COC3CCC(Cl)C(F)C3)CCC1(NC(=O)COC1CCC(Cl)C(F)C1)CC2. The number of piperidine rings is 2. The van der Waals surface area contributed by atoms with Gasteiger partial charge in [0.2, 0.25) is 17.7 Å². The Hall–Kier alpha value is -1.23. The van der Waals surface area contributed by atoms with E-state index in [9.17, 15) is 23.2 Å². The number of carbonyl (C=O) groups is 3. The van der Waals surface area contributed by atoms with Crippen LogP contribution in [-0.4, -0.2) is 89.4 Å². The van der Waals surface area contributed by atoms with Crippen molar-refractivity contribution < 1.29 is 32.6 Å². The highest BCUT2D eigenvalue weighted by Gasteiger charge is 2.58. The second-order valence-electron chi connectivity index (χ2n) is 10.6. The molecule has 3 saturated carbocycles. The topological polar surface area (TPSA) is 97.0 Å². The molecule has 12 heteroatoms. The van der Waals surface area contributed by atoms with Crippen molar-refractivity contribution in [2.75, 3.05) is 20.3 Å². The number of nitrogens with zero attached hydrogens (tertiary/aromatic N) is 1. The van der Waals surface area contributed by atoms with Crippen LogP contribution >= 0.6 is 23.2 Å². The lowest BCUT2D eigenvalue weighted by molar-refractivity contribution is -0.167. The molecule has 5 aliphatic rings. The maximum atomic E-state index is 13.8. The number of ether oxygens (including phenoxy) is 2. The Kier molecular flexibility index (Phi) is 8.69. The van der Waals surface area contributed by atoms with Crippen LogP contribution in [0.15, 0.2) is 0 Å². The predicted octanol–water partition coefficient (Wildman–Crippen LogP) is 2.73. The summed E-state index contributed by atoms with van der Waals surface area (Å²) in [4.78, 5) is 40.0. The number of alkyl halides is 4. The first-order valence-corrected chi connectivity index (χ1v) is 13.6. The third kappa shape index (κ3) is 5.92. The van der Waals surface area contributed by atoms with Crippen molar-refractivity contribution in [3.63, 3.8) is 0 Å². The van der Waals surface area contributed by atoms with Gasteiger partial charge in [0.1, 0.15) is 36.8 Å². The van der Waals surface area contributed by atoms with Gasteiger partial charge in [-0.3, -0.25) is 14.4 Å². The number of nitrogens with one attached hydrogen (secondary N) is 2. The molecule has 2 saturated heterocycles. The Morgan fingerprint density at radius 3 is 1.83 bits per heavy atom. The van der Waals surface area contributed by atoms with Crippen LogP contribution in [0.1, 0.15) is 64.2 Å². The van der Waals surface area contributed by atoms with Crippen molar-refractivity contribution in [1.29, 1.82) is 0 Å². The van der Waals surface area contributed by atoms with Crippen molar-refractivity contribution in [1.82, 2.24) is 15.5 Å². The summed E-state index contributed by atoms with van der Waals surface area (Å²) < 4.78 is 38.9. The average molecular weight is 554 g/mol. The zero-order valence-corrected chi connectivity index (χ0v) is 22.0. The fourth-order valence-electron chi connectivity index (χ4n) is 5.92. The van der Waals surface area contributed by atoms with Crippen LogP contribution < -0.4 is 10.6 Å². The summed E-state index contributed by atoms with van der Waals surface area (Å²) in [5, 5.41) is 4.76. The average Bonchev–Trinajstić information content (AvgIpc) is 2.85. The number of hydrogen-bond donors (Lipinski definition) is 2. The van der Waals surface area contributed by atoms with Crippen molar-refractivity contribution in [3.05, 3.63) is 0 Å². The van der Waals surface area contributed by atoms with Gasteiger partial charge in [-0.25, -0.2) is 8.78 Å². The highest BCUT2D eigenvalue weighted by Crippen LogP contribution is 2.44. The van der Waals surface area contributed by atoms with Crippen LogP contribution in [0.25, 0.3) is 0 Å². The highest BCUT2D eigenvalue weighted by atomic mass is 35.5. The van der Waals surface area contributed by atoms with Crippen molar-refractivity contribution in [2.45, 2.75) is 111 Å². The first-order chi connectivity index (χ1) is 17.0. The summed E-state index contributed by atoms with van der Waals surface area (Å²) in [6.45, 7) is -0.480. The number of hydrogen-bond acceptors (Lipinski definition) is 5. The van der Waals surface area contributed by atoms with E-state index in [0.717, 1.165) is 0 Å². The van der Waals surface area contributed by atoms with Crippen molar-refractivity contribution in [3.8, 4) is 0 Å². The molecule has 2 bridgehead atoms. The summed E-state index contributed by atoms with van der Waals surface area (Å²) in [5.74, 6) is -1.07. The molecule has 5 rings (SSSR count). The molecule has 204 valence electrons. The van der Waals surface area contributed by atoms with Gasteiger partial charge in [-0.2, -0.15) is 0 Å². The van der Waals surface area contributed by atoms with Gasteiger partial charge in [-0.15, -0.1) is 23.2 Å². The normalized spacial score (nSPS) is 40.7. The number of amides is 3. The lowest BCUT2D eigenvalue weighted by Crippen LogP contribution is -2.77. The van der Waals surface area contributed by atoms with E-state index in [2.05, 4.69) is 10.6 Å². The number of fused-ring (bicyclic) bond motifs is 3. The van der Waals surface area contributed by atoms with Crippen LogP contribution in [0.2, 0.25) is 0 Å². The van der Waals surface area contributed by atoms with E-state index < -0.39 is 40.2 Å². The number of halogens is 4. The Morgan fingerprint density at radius 1 is 0.889 bits per heavy atom. The molecule has 36 heavy (non-hydrogen) atoms. The van der Waals surface area contributed by atoms with Gasteiger partial charge in [0, 0.05) is 19.9 Å². The zero-order valence-electron chi connectivity index (χ0n) is 20.4. The third-order valence-electron chi connectivity index (χ3n) is 8.23. The van der Waals surface area contributed by atoms with E-state index >= 15 is 0 Å². The summed E-state index contributed by atoms with van der Waals surface area (Å²) in [5.41, 5.74) is -1.90. The van der Waals surface area contributed by atoms with E-state index in [0.29, 0.717) is 51.4 Å². The minimum absolute atomic E-state index is 0.155. The third-order valence-corrected chi connectivity index (χ3v) is 9.21. The van der Waals surface area contributed by atoms with Crippen LogP contribution in [0, 0.1) is 0 Å². The van der Waals surface area contributed by atoms with Crippen LogP contribution in [0.5, 0.6) is 0 Å². The standard InChI is InChI=1S/C24H35Cl2F2N3O5/c1-31-22(34)23(29-20(32)12-35-14-2-4-16(25)18(27)10-14)6-8-24(31,9-7-23)30-21(33)13-36-15-3-5-17(26)19(28)11-15/h14-19H,2-13H2,1H3,(H,29,32)(H,30,33). The molecule has 2 aliphatic heterocycles. The van der Waals surface area contributed by atoms with Gasteiger partial charge >= 0.3 is 0 Å². The van der Waals surface area contributed by atoms with Crippen LogP contribution in [0.4, 0.5) is 8.78 Å². The Morgan fingerprint density at radius 2 is 1.36 bits per heavy atom. The Balaban J connectivity index is 1.25. The highest BCUT2D eigenvalue weighted by molar-refractivity contribution is 6.21. The monoisotopic (exact) mass is 553 g/mol. The molecule has 8 nitrogen and oxygen atoms in total. The minimum atomic E-state index is -1.16. The Bertz CT molecular complexity index is 845. The molecule has 2 heterocycles. The number of likely N-dealkylation sites (N-methyl/N-ethyl adjacent to an activating group) is 1. The molecule has 0 radical (unpaired) electrons. The lowest BCUT2D eigenvalue weighted by Gasteiger charge is -2.57. The molecule has 0 spiro atoms. The fraction of sp³-hybridized carbons (Fsp3) is 0.875. The predicted molar refractivity (Wildman–Crippen MR) is 129 cm³/mol. The molecular formula is C24H35Cl2F2N3O5. The van der Waals surface area contributed by atoms with Crippen LogP contribution in [-0.2, 0) is 23.9 Å². The fourth-order valence-corrected chi connectivity index (χ4v) is 6.37. The number of rotatable bonds is 8. The molecule has 6 unspecified atom stereocenters. The maximum absolute atomic E-state index is 13.8. The van der Waals surface area contributed by atoms with E-state index in [1.54, 1.807) is 7.05 Å². The second kappa shape index (κ2) is 11.3. The van der Waals surface area contributed by atoms with Crippen LogP contribution in [0.3, 0.4) is 0 Å². The molecule has 0 aromatic heterocycles. The van der Waals surface area contributed by atoms with Gasteiger partial charge in [0.25, 0.3) is 0 Å². The van der Waals surface area contributed by atoms with Crippen molar-refractivity contribution in [2.24, 2.45) is 0 Å². The molecule has 2 N–H and O–H groups in total. The molecule has 0 aromatic carbocycles. The largest absolute Gasteiger partial charge is 0.368 e. The Labute approximate surface area is 220 Å². The van der Waals surface area contributed by atoms with E-state index in [1.807, 2.05) is 0 Å². The smallest absolute Gasteiger partial charge is 0.249 e. The molecular weight excluding hydrogens is 519 g/mol. The van der Waals surface area contributed by atoms with Gasteiger partial charge in [0.05, 0.1) is 23.0 Å². The summed E-state index contributed by atoms with van der Waals surface area (Å²) in [6.07, 6.45) is 1.13.